The van der Waals surface area contributed by atoms with Gasteiger partial charge in [-0.05, 0) is 43.5 Å². The summed E-state index contributed by atoms with van der Waals surface area (Å²) in [5, 5.41) is 8.98. The average Bonchev–Trinajstić information content (AvgIpc) is 2.81. The number of nitrogens with one attached hydrogen (secondary N) is 3. The molecule has 166 valence electrons. The van der Waals surface area contributed by atoms with Crippen LogP contribution >= 0.6 is 0 Å². The Morgan fingerprint density at radius 2 is 1.34 bits per heavy atom. The summed E-state index contributed by atoms with van der Waals surface area (Å²) in [6, 6.07) is 28.0. The lowest BCUT2D eigenvalue weighted by Gasteiger charge is -2.19. The zero-order valence-corrected chi connectivity index (χ0v) is 18.7. The monoisotopic (exact) mass is 429 g/mol. The predicted molar refractivity (Wildman–Crippen MR) is 130 cm³/mol. The van der Waals surface area contributed by atoms with Gasteiger partial charge in [-0.3, -0.25) is 9.59 Å². The largest absolute Gasteiger partial charge is 0.376 e. The first kappa shape index (κ1) is 23.1. The number of anilines is 1. The third-order valence-electron chi connectivity index (χ3n) is 5.19. The van der Waals surface area contributed by atoms with Gasteiger partial charge in [0.25, 0.3) is 5.91 Å². The predicted octanol–water partition coefficient (Wildman–Crippen LogP) is 4.58. The summed E-state index contributed by atoms with van der Waals surface area (Å²) in [6.45, 7) is 4.50. The van der Waals surface area contributed by atoms with Crippen LogP contribution in [0, 0.1) is 0 Å². The van der Waals surface area contributed by atoms with Gasteiger partial charge in [-0.2, -0.15) is 0 Å². The molecule has 0 fully saturated rings. The van der Waals surface area contributed by atoms with E-state index in [1.807, 2.05) is 68.4 Å². The van der Waals surface area contributed by atoms with E-state index >= 15 is 0 Å². The molecule has 3 aromatic carbocycles. The van der Waals surface area contributed by atoms with Crippen LogP contribution in [0.1, 0.15) is 47.7 Å². The van der Waals surface area contributed by atoms with Crippen LogP contribution < -0.4 is 16.0 Å². The standard InChI is InChI=1S/C27H31N3O2/c1-20(2)30-27(32)24-15-9-10-16-25(24)29-19-26(31)28-18-17-23(21-11-5-3-6-12-21)22-13-7-4-8-14-22/h3-16,20,23,29H,17-19H2,1-2H3,(H,28,31)(H,30,32). The van der Waals surface area contributed by atoms with Gasteiger partial charge in [0.2, 0.25) is 5.91 Å². The van der Waals surface area contributed by atoms with E-state index in [4.69, 9.17) is 0 Å². The fourth-order valence-electron chi connectivity index (χ4n) is 3.67. The molecule has 0 saturated heterocycles. The fourth-order valence-corrected chi connectivity index (χ4v) is 3.67. The molecule has 3 N–H and O–H groups in total. The summed E-state index contributed by atoms with van der Waals surface area (Å²) in [6.07, 6.45) is 0.799. The molecule has 0 saturated carbocycles. The summed E-state index contributed by atoms with van der Waals surface area (Å²) in [5.41, 5.74) is 3.64. The Hall–Kier alpha value is -3.60. The third kappa shape index (κ3) is 6.71. The molecule has 5 nitrogen and oxygen atoms in total. The van der Waals surface area contributed by atoms with Crippen molar-refractivity contribution in [1.29, 1.82) is 0 Å². The van der Waals surface area contributed by atoms with Crippen molar-refractivity contribution < 1.29 is 9.59 Å². The first-order chi connectivity index (χ1) is 15.5. The van der Waals surface area contributed by atoms with Gasteiger partial charge in [0.1, 0.15) is 0 Å². The Bertz CT molecular complexity index is 964. The fraction of sp³-hybridized carbons (Fsp3) is 0.259. The molecule has 32 heavy (non-hydrogen) atoms. The van der Waals surface area contributed by atoms with Crippen LogP contribution in [0.5, 0.6) is 0 Å². The maximum Gasteiger partial charge on any atom is 0.253 e. The highest BCUT2D eigenvalue weighted by molar-refractivity contribution is 6.00. The molecule has 3 rings (SSSR count). The second kappa shape index (κ2) is 11.7. The maximum atomic E-state index is 12.5. The lowest BCUT2D eigenvalue weighted by atomic mass is 9.88. The van der Waals surface area contributed by atoms with Gasteiger partial charge in [-0.1, -0.05) is 72.8 Å². The van der Waals surface area contributed by atoms with E-state index in [9.17, 15) is 9.59 Å². The molecule has 0 radical (unpaired) electrons. The molecule has 3 aromatic rings. The van der Waals surface area contributed by atoms with Crippen molar-refractivity contribution in [2.45, 2.75) is 32.2 Å². The van der Waals surface area contributed by atoms with Crippen molar-refractivity contribution in [1.82, 2.24) is 10.6 Å². The molecule has 0 bridgehead atoms. The molecular weight excluding hydrogens is 398 g/mol. The number of amides is 2. The zero-order valence-electron chi connectivity index (χ0n) is 18.7. The van der Waals surface area contributed by atoms with Gasteiger partial charge in [0.15, 0.2) is 0 Å². The lowest BCUT2D eigenvalue weighted by molar-refractivity contribution is -0.119. The van der Waals surface area contributed by atoms with E-state index in [0.29, 0.717) is 17.8 Å². The number of carbonyl (C=O) groups is 2. The molecule has 0 aliphatic rings. The van der Waals surface area contributed by atoms with Crippen LogP contribution in [0.2, 0.25) is 0 Å². The lowest BCUT2D eigenvalue weighted by Crippen LogP contribution is -2.33. The third-order valence-corrected chi connectivity index (χ3v) is 5.19. The summed E-state index contributed by atoms with van der Waals surface area (Å²) in [5.74, 6) is -0.0490. The highest BCUT2D eigenvalue weighted by atomic mass is 16.2. The van der Waals surface area contributed by atoms with Crippen LogP contribution in [0.4, 0.5) is 5.69 Å². The Morgan fingerprint density at radius 1 is 0.781 bits per heavy atom. The number of rotatable bonds is 10. The molecule has 0 aliphatic carbocycles. The minimum Gasteiger partial charge on any atom is -0.376 e. The molecule has 0 heterocycles. The molecule has 0 aliphatic heterocycles. The second-order valence-electron chi connectivity index (χ2n) is 8.04. The van der Waals surface area contributed by atoms with Gasteiger partial charge in [-0.15, -0.1) is 0 Å². The van der Waals surface area contributed by atoms with Crippen LogP contribution in [-0.4, -0.2) is 30.9 Å². The number of hydrogen-bond acceptors (Lipinski definition) is 3. The van der Waals surface area contributed by atoms with E-state index < -0.39 is 0 Å². The van der Waals surface area contributed by atoms with E-state index in [1.165, 1.54) is 11.1 Å². The summed E-state index contributed by atoms with van der Waals surface area (Å²) in [4.78, 5) is 24.8. The number of benzene rings is 3. The number of hydrogen-bond donors (Lipinski definition) is 3. The second-order valence-corrected chi connectivity index (χ2v) is 8.04. The minimum atomic E-state index is -0.155. The number of carbonyl (C=O) groups excluding carboxylic acids is 2. The summed E-state index contributed by atoms with van der Waals surface area (Å²) >= 11 is 0. The highest BCUT2D eigenvalue weighted by Crippen LogP contribution is 2.27. The number of para-hydroxylation sites is 1. The summed E-state index contributed by atoms with van der Waals surface area (Å²) in [7, 11) is 0. The van der Waals surface area contributed by atoms with E-state index in [-0.39, 0.29) is 30.3 Å². The molecule has 0 unspecified atom stereocenters. The van der Waals surface area contributed by atoms with Crippen molar-refractivity contribution in [2.75, 3.05) is 18.4 Å². The van der Waals surface area contributed by atoms with Crippen molar-refractivity contribution in [2.24, 2.45) is 0 Å². The van der Waals surface area contributed by atoms with E-state index in [0.717, 1.165) is 6.42 Å². The molecule has 0 spiro atoms. The quantitative estimate of drug-likeness (QED) is 0.442. The average molecular weight is 430 g/mol. The minimum absolute atomic E-state index is 0.0426. The van der Waals surface area contributed by atoms with Gasteiger partial charge in [-0.25, -0.2) is 0 Å². The van der Waals surface area contributed by atoms with E-state index in [2.05, 4.69) is 40.2 Å². The zero-order chi connectivity index (χ0) is 22.8. The van der Waals surface area contributed by atoms with Crippen molar-refractivity contribution in [3.8, 4) is 0 Å². The van der Waals surface area contributed by atoms with Crippen molar-refractivity contribution in [3.63, 3.8) is 0 Å². The maximum absolute atomic E-state index is 12.5. The molecule has 0 aromatic heterocycles. The van der Waals surface area contributed by atoms with Gasteiger partial charge in [0.05, 0.1) is 12.1 Å². The Balaban J connectivity index is 1.55. The normalized spacial score (nSPS) is 10.8. The summed E-state index contributed by atoms with van der Waals surface area (Å²) < 4.78 is 0. The van der Waals surface area contributed by atoms with Gasteiger partial charge >= 0.3 is 0 Å². The smallest absolute Gasteiger partial charge is 0.253 e. The highest BCUT2D eigenvalue weighted by Gasteiger charge is 2.15. The van der Waals surface area contributed by atoms with Crippen molar-refractivity contribution >= 4 is 17.5 Å². The Labute approximate surface area is 190 Å². The van der Waals surface area contributed by atoms with E-state index in [1.54, 1.807) is 6.07 Å². The topological polar surface area (TPSA) is 70.2 Å². The first-order valence-electron chi connectivity index (χ1n) is 11.0. The molecule has 5 heteroatoms. The van der Waals surface area contributed by atoms with Crippen LogP contribution in [-0.2, 0) is 4.79 Å². The van der Waals surface area contributed by atoms with Gasteiger partial charge < -0.3 is 16.0 Å². The van der Waals surface area contributed by atoms with Gasteiger partial charge in [0, 0.05) is 24.2 Å². The Morgan fingerprint density at radius 3 is 1.94 bits per heavy atom. The molecule has 2 amide bonds. The van der Waals surface area contributed by atoms with Crippen LogP contribution in [0.15, 0.2) is 84.9 Å². The SMILES string of the molecule is CC(C)NC(=O)c1ccccc1NCC(=O)NCCC(c1ccccc1)c1ccccc1. The molecule has 0 atom stereocenters. The first-order valence-corrected chi connectivity index (χ1v) is 11.0. The van der Waals surface area contributed by atoms with Crippen LogP contribution in [0.25, 0.3) is 0 Å². The Kier molecular flexibility index (Phi) is 8.44. The van der Waals surface area contributed by atoms with Crippen molar-refractivity contribution in [3.05, 3.63) is 102 Å². The van der Waals surface area contributed by atoms with Crippen LogP contribution in [0.3, 0.4) is 0 Å². The molecular formula is C27H31N3O2.